The molecule has 28 heavy (non-hydrogen) atoms. The highest BCUT2D eigenvalue weighted by atomic mass is 16.6. The zero-order valence-electron chi connectivity index (χ0n) is 16.7. The Morgan fingerprint density at radius 3 is 2.43 bits per heavy atom. The maximum absolute atomic E-state index is 12.7. The molecule has 0 heterocycles. The summed E-state index contributed by atoms with van der Waals surface area (Å²) in [5, 5.41) is 9.60. The van der Waals surface area contributed by atoms with Gasteiger partial charge in [0.1, 0.15) is 17.6 Å². The fraction of sp³-hybridized carbons (Fsp3) is 0.333. The Balaban J connectivity index is 1.73. The fourth-order valence-electron chi connectivity index (χ4n) is 3.35. The van der Waals surface area contributed by atoms with Gasteiger partial charge in [-0.1, -0.05) is 55.8 Å². The van der Waals surface area contributed by atoms with E-state index in [4.69, 9.17) is 9.47 Å². The maximum Gasteiger partial charge on any atom is 0.328 e. The lowest BCUT2D eigenvalue weighted by molar-refractivity contribution is -0.146. The third kappa shape index (κ3) is 4.26. The molecule has 1 aliphatic carbocycles. The molecule has 0 amide bonds. The van der Waals surface area contributed by atoms with E-state index in [2.05, 4.69) is 26.0 Å². The van der Waals surface area contributed by atoms with Crippen LogP contribution in [-0.4, -0.2) is 12.1 Å². The summed E-state index contributed by atoms with van der Waals surface area (Å²) >= 11 is 0. The zero-order valence-corrected chi connectivity index (χ0v) is 16.7. The molecular weight excluding hydrogens is 350 g/mol. The third-order valence-corrected chi connectivity index (χ3v) is 5.10. The molecule has 4 nitrogen and oxygen atoms in total. The van der Waals surface area contributed by atoms with Gasteiger partial charge in [0.25, 0.3) is 0 Å². The van der Waals surface area contributed by atoms with Gasteiger partial charge in [0, 0.05) is 11.3 Å². The van der Waals surface area contributed by atoms with Crippen molar-refractivity contribution in [2.75, 3.05) is 0 Å². The second-order valence-electron chi connectivity index (χ2n) is 8.00. The summed E-state index contributed by atoms with van der Waals surface area (Å²) in [6.45, 7) is 8.21. The van der Waals surface area contributed by atoms with Crippen molar-refractivity contribution in [1.29, 1.82) is 5.26 Å². The Bertz CT molecular complexity index is 920. The van der Waals surface area contributed by atoms with E-state index in [1.807, 2.05) is 44.2 Å². The summed E-state index contributed by atoms with van der Waals surface area (Å²) < 4.78 is 11.5. The second-order valence-corrected chi connectivity index (χ2v) is 8.00. The largest absolute Gasteiger partial charge is 0.460 e. The molecule has 0 aliphatic heterocycles. The van der Waals surface area contributed by atoms with Gasteiger partial charge in [-0.2, -0.15) is 5.26 Å². The number of para-hydroxylation sites is 1. The lowest BCUT2D eigenvalue weighted by Crippen LogP contribution is -2.18. The Kier molecular flexibility index (Phi) is 5.56. The van der Waals surface area contributed by atoms with E-state index in [1.54, 1.807) is 24.3 Å². The second kappa shape index (κ2) is 7.90. The minimum Gasteiger partial charge on any atom is -0.460 e. The van der Waals surface area contributed by atoms with Gasteiger partial charge < -0.3 is 9.47 Å². The van der Waals surface area contributed by atoms with Crippen molar-refractivity contribution < 1.29 is 14.3 Å². The van der Waals surface area contributed by atoms with E-state index in [-0.39, 0.29) is 17.4 Å². The predicted octanol–water partition coefficient (Wildman–Crippen LogP) is 5.62. The van der Waals surface area contributed by atoms with Gasteiger partial charge in [-0.3, -0.25) is 4.79 Å². The minimum absolute atomic E-state index is 0.106. The van der Waals surface area contributed by atoms with Crippen molar-refractivity contribution in [3.05, 3.63) is 71.8 Å². The fourth-order valence-corrected chi connectivity index (χ4v) is 3.35. The van der Waals surface area contributed by atoms with Crippen LogP contribution in [0.5, 0.6) is 11.5 Å². The van der Waals surface area contributed by atoms with E-state index in [1.165, 1.54) is 5.57 Å². The van der Waals surface area contributed by atoms with Gasteiger partial charge >= 0.3 is 5.97 Å². The van der Waals surface area contributed by atoms with Crippen LogP contribution in [0.25, 0.3) is 0 Å². The van der Waals surface area contributed by atoms with Crippen molar-refractivity contribution >= 4 is 5.97 Å². The van der Waals surface area contributed by atoms with Crippen LogP contribution in [0.4, 0.5) is 0 Å². The molecule has 3 rings (SSSR count). The normalized spacial score (nSPS) is 20.4. The van der Waals surface area contributed by atoms with Gasteiger partial charge in [0.2, 0.25) is 0 Å². The van der Waals surface area contributed by atoms with Crippen molar-refractivity contribution in [2.24, 2.45) is 11.3 Å². The van der Waals surface area contributed by atoms with Crippen LogP contribution in [0.1, 0.15) is 39.2 Å². The summed E-state index contributed by atoms with van der Waals surface area (Å²) in [6.07, 6.45) is 1.93. The average Bonchev–Trinajstić information content (AvgIpc) is 3.15. The SMILES string of the molecule is CC(C)=C[C@@H]1[C@@H](OC(=O)[C@H](C#N)c2cccc(Oc3ccccc3)c2)C1(C)C. The van der Waals surface area contributed by atoms with E-state index >= 15 is 0 Å². The van der Waals surface area contributed by atoms with Crippen LogP contribution in [0.3, 0.4) is 0 Å². The summed E-state index contributed by atoms with van der Waals surface area (Å²) in [7, 11) is 0. The topological polar surface area (TPSA) is 59.3 Å². The molecule has 0 spiro atoms. The third-order valence-electron chi connectivity index (χ3n) is 5.10. The molecule has 1 saturated carbocycles. The summed E-state index contributed by atoms with van der Waals surface area (Å²) in [5.41, 5.74) is 1.66. The van der Waals surface area contributed by atoms with Crippen molar-refractivity contribution in [2.45, 2.75) is 39.7 Å². The number of allylic oxidation sites excluding steroid dienone is 1. The first-order chi connectivity index (χ1) is 13.3. The Labute approximate surface area is 166 Å². The molecule has 1 aliphatic rings. The number of carbonyl (C=O) groups excluding carboxylic acids is 1. The first kappa shape index (κ1) is 19.7. The first-order valence-electron chi connectivity index (χ1n) is 9.41. The van der Waals surface area contributed by atoms with Crippen LogP contribution in [0, 0.1) is 22.7 Å². The molecule has 2 aromatic rings. The van der Waals surface area contributed by atoms with E-state index in [0.717, 1.165) is 0 Å². The highest BCUT2D eigenvalue weighted by Gasteiger charge is 2.59. The smallest absolute Gasteiger partial charge is 0.328 e. The van der Waals surface area contributed by atoms with E-state index in [9.17, 15) is 10.1 Å². The maximum atomic E-state index is 12.7. The number of rotatable bonds is 6. The molecule has 0 saturated heterocycles. The summed E-state index contributed by atoms with van der Waals surface area (Å²) in [6, 6.07) is 18.5. The van der Waals surface area contributed by atoms with Crippen molar-refractivity contribution in [3.8, 4) is 17.6 Å². The zero-order chi connectivity index (χ0) is 20.3. The lowest BCUT2D eigenvalue weighted by atomic mass is 10.0. The highest BCUT2D eigenvalue weighted by Crippen LogP contribution is 2.55. The van der Waals surface area contributed by atoms with Crippen molar-refractivity contribution in [1.82, 2.24) is 0 Å². The van der Waals surface area contributed by atoms with Crippen molar-refractivity contribution in [3.63, 3.8) is 0 Å². The number of nitriles is 1. The van der Waals surface area contributed by atoms with Crippen LogP contribution < -0.4 is 4.74 Å². The van der Waals surface area contributed by atoms with Gasteiger partial charge in [-0.15, -0.1) is 0 Å². The molecule has 0 N–H and O–H groups in total. The molecule has 2 aromatic carbocycles. The summed E-state index contributed by atoms with van der Waals surface area (Å²) in [5.74, 6) is -0.0374. The average molecular weight is 375 g/mol. The predicted molar refractivity (Wildman–Crippen MR) is 108 cm³/mol. The van der Waals surface area contributed by atoms with E-state index < -0.39 is 11.9 Å². The molecule has 3 atom stereocenters. The number of nitrogens with zero attached hydrogens (tertiary/aromatic N) is 1. The number of benzene rings is 2. The Morgan fingerprint density at radius 2 is 1.79 bits per heavy atom. The van der Waals surface area contributed by atoms with Gasteiger partial charge in [-0.25, -0.2) is 0 Å². The molecule has 1 fully saturated rings. The molecule has 0 unspecified atom stereocenters. The molecule has 0 radical (unpaired) electrons. The standard InChI is InChI=1S/C24H25NO3/c1-16(2)13-21-22(24(21,3)4)28-23(26)20(15-25)17-9-8-12-19(14-17)27-18-10-6-5-7-11-18/h5-14,20-22H,1-4H3/t20-,21-,22-/m1/s1. The molecule has 0 bridgehead atoms. The quantitative estimate of drug-likeness (QED) is 0.486. The van der Waals surface area contributed by atoms with Gasteiger partial charge in [-0.05, 0) is 43.7 Å². The van der Waals surface area contributed by atoms with Crippen LogP contribution in [0.2, 0.25) is 0 Å². The van der Waals surface area contributed by atoms with Crippen LogP contribution >= 0.6 is 0 Å². The minimum atomic E-state index is -0.983. The van der Waals surface area contributed by atoms with Gasteiger partial charge in [0.05, 0.1) is 6.07 Å². The molecule has 144 valence electrons. The Hall–Kier alpha value is -3.06. The molecule has 0 aromatic heterocycles. The number of hydrogen-bond donors (Lipinski definition) is 0. The first-order valence-corrected chi connectivity index (χ1v) is 9.41. The van der Waals surface area contributed by atoms with E-state index in [0.29, 0.717) is 17.1 Å². The number of esters is 1. The number of ether oxygens (including phenoxy) is 2. The molecule has 4 heteroatoms. The molecular formula is C24H25NO3. The van der Waals surface area contributed by atoms with Crippen LogP contribution in [-0.2, 0) is 9.53 Å². The summed E-state index contributed by atoms with van der Waals surface area (Å²) in [4.78, 5) is 12.7. The van der Waals surface area contributed by atoms with Crippen LogP contribution in [0.15, 0.2) is 66.2 Å². The Morgan fingerprint density at radius 1 is 1.11 bits per heavy atom. The monoisotopic (exact) mass is 375 g/mol. The highest BCUT2D eigenvalue weighted by molar-refractivity contribution is 5.82. The lowest BCUT2D eigenvalue weighted by Gasteiger charge is -2.12. The number of carbonyl (C=O) groups is 1. The van der Waals surface area contributed by atoms with Gasteiger partial charge in [0.15, 0.2) is 5.92 Å². The number of hydrogen-bond acceptors (Lipinski definition) is 4.